The smallest absolute Gasteiger partial charge is 0.330 e. The first kappa shape index (κ1) is 48.8. The lowest BCUT2D eigenvalue weighted by molar-refractivity contribution is -0.347. The van der Waals surface area contributed by atoms with Crippen LogP contribution in [0.15, 0.2) is 36.5 Å². The van der Waals surface area contributed by atoms with Gasteiger partial charge in [-0.3, -0.25) is 14.4 Å². The van der Waals surface area contributed by atoms with E-state index >= 15 is 0 Å². The zero-order valence-electron chi connectivity index (χ0n) is 36.0. The van der Waals surface area contributed by atoms with E-state index < -0.39 is 107 Å². The Bertz CT molecular complexity index is 1470. The number of hydrogen-bond donors (Lipinski definition) is 5. The first-order chi connectivity index (χ1) is 26.5. The van der Waals surface area contributed by atoms with Crippen LogP contribution in [0.3, 0.4) is 0 Å². The lowest BCUT2D eigenvalue weighted by Crippen LogP contribution is -2.67. The van der Waals surface area contributed by atoms with Crippen molar-refractivity contribution in [2.45, 2.75) is 169 Å². The molecule has 0 radical (unpaired) electrons. The van der Waals surface area contributed by atoms with Crippen molar-refractivity contribution >= 4 is 23.3 Å². The second-order valence-electron chi connectivity index (χ2n) is 17.9. The Morgan fingerprint density at radius 3 is 2.09 bits per heavy atom. The van der Waals surface area contributed by atoms with E-state index in [1.54, 1.807) is 20.8 Å². The summed E-state index contributed by atoms with van der Waals surface area (Å²) in [5.74, 6) is -9.51. The quantitative estimate of drug-likeness (QED) is 0.238. The van der Waals surface area contributed by atoms with Gasteiger partial charge < -0.3 is 39.7 Å². The Morgan fingerprint density at radius 2 is 1.47 bits per heavy atom. The van der Waals surface area contributed by atoms with Crippen LogP contribution in [0, 0.1) is 53.3 Å². The highest BCUT2D eigenvalue weighted by Crippen LogP contribution is 2.48. The Balaban J connectivity index is 2.02. The predicted molar refractivity (Wildman–Crippen MR) is 215 cm³/mol. The lowest BCUT2D eigenvalue weighted by atomic mass is 9.72. The van der Waals surface area contributed by atoms with Crippen LogP contribution in [-0.4, -0.2) is 103 Å². The average Bonchev–Trinajstić information content (AvgIpc) is 3.16. The van der Waals surface area contributed by atoms with Crippen molar-refractivity contribution in [2.24, 2.45) is 53.3 Å². The predicted octanol–water partition coefficient (Wildman–Crippen LogP) is 5.06. The van der Waals surface area contributed by atoms with Gasteiger partial charge in [0.1, 0.15) is 17.5 Å². The molecule has 18 unspecified atom stereocenters. The number of esters is 1. The molecule has 0 aromatic carbocycles. The molecule has 12 heteroatoms. The third kappa shape index (κ3) is 11.4. The molecule has 5 N–H and O–H groups in total. The summed E-state index contributed by atoms with van der Waals surface area (Å²) in [5.41, 5.74) is -2.21. The van der Waals surface area contributed by atoms with Gasteiger partial charge in [-0.2, -0.15) is 0 Å². The van der Waals surface area contributed by atoms with Crippen molar-refractivity contribution < 1.29 is 58.9 Å². The van der Waals surface area contributed by atoms with E-state index in [9.17, 15) is 44.7 Å². The van der Waals surface area contributed by atoms with Crippen LogP contribution in [0.2, 0.25) is 0 Å². The molecule has 324 valence electrons. The Morgan fingerprint density at radius 1 is 0.842 bits per heavy atom. The molecule has 3 rings (SSSR count). The molecule has 18 atom stereocenters. The van der Waals surface area contributed by atoms with Gasteiger partial charge in [0.2, 0.25) is 5.79 Å². The van der Waals surface area contributed by atoms with Crippen LogP contribution in [0.25, 0.3) is 0 Å². The molecule has 1 spiro atoms. The summed E-state index contributed by atoms with van der Waals surface area (Å²) in [5, 5.41) is 55.0. The van der Waals surface area contributed by atoms with Crippen molar-refractivity contribution in [1.82, 2.24) is 0 Å². The molecule has 2 bridgehead atoms. The fourth-order valence-corrected chi connectivity index (χ4v) is 8.95. The third-order valence-corrected chi connectivity index (χ3v) is 13.1. The third-order valence-electron chi connectivity index (χ3n) is 13.1. The van der Waals surface area contributed by atoms with E-state index in [2.05, 4.69) is 6.92 Å². The monoisotopic (exact) mass is 805 g/mol. The van der Waals surface area contributed by atoms with Crippen LogP contribution in [-0.2, 0) is 33.4 Å². The van der Waals surface area contributed by atoms with Gasteiger partial charge in [0.05, 0.1) is 42.5 Å². The molecule has 0 aromatic rings. The highest BCUT2D eigenvalue weighted by molar-refractivity contribution is 5.91. The molecule has 3 aliphatic heterocycles. The van der Waals surface area contributed by atoms with Gasteiger partial charge in [-0.15, -0.1) is 0 Å². The lowest BCUT2D eigenvalue weighted by Gasteiger charge is -2.54. The second kappa shape index (κ2) is 20.6. The molecule has 2 saturated heterocycles. The number of Topliss-reactive ketones (excluding diaryl/α,β-unsaturated/α-hetero) is 3. The number of fused-ring (bicyclic) bond motifs is 2. The highest BCUT2D eigenvalue weighted by atomic mass is 16.7. The molecule has 0 aromatic heterocycles. The van der Waals surface area contributed by atoms with Crippen LogP contribution in [0.5, 0.6) is 0 Å². The Hall–Kier alpha value is -2.58. The Labute approximate surface area is 340 Å². The van der Waals surface area contributed by atoms with Crippen molar-refractivity contribution in [2.75, 3.05) is 0 Å². The fourth-order valence-electron chi connectivity index (χ4n) is 8.95. The van der Waals surface area contributed by atoms with Crippen LogP contribution in [0.4, 0.5) is 0 Å². The molecule has 0 amide bonds. The second-order valence-corrected chi connectivity index (χ2v) is 17.9. The number of aliphatic hydroxyl groups excluding tert-OH is 4. The van der Waals surface area contributed by atoms with Crippen molar-refractivity contribution in [1.29, 1.82) is 0 Å². The summed E-state index contributed by atoms with van der Waals surface area (Å²) in [6.45, 7) is 18.4. The number of ether oxygens (including phenoxy) is 3. The molecular formula is C45H72O12. The Kier molecular flexibility index (Phi) is 17.6. The van der Waals surface area contributed by atoms with Crippen LogP contribution >= 0.6 is 0 Å². The van der Waals surface area contributed by atoms with Gasteiger partial charge in [0.15, 0.2) is 11.6 Å². The number of ketones is 3. The van der Waals surface area contributed by atoms with Crippen molar-refractivity contribution in [3.05, 3.63) is 36.5 Å². The van der Waals surface area contributed by atoms with E-state index in [-0.39, 0.29) is 30.0 Å². The topological polar surface area (TPSA) is 197 Å². The first-order valence-electron chi connectivity index (χ1n) is 21.1. The van der Waals surface area contributed by atoms with E-state index in [1.165, 1.54) is 39.8 Å². The summed E-state index contributed by atoms with van der Waals surface area (Å²) >= 11 is 0. The minimum atomic E-state index is -2.21. The minimum Gasteiger partial charge on any atom is -0.458 e. The molecule has 3 heterocycles. The van der Waals surface area contributed by atoms with E-state index in [1.807, 2.05) is 45.1 Å². The number of rotatable bonds is 3. The average molecular weight is 805 g/mol. The maximum Gasteiger partial charge on any atom is 0.330 e. The molecule has 3 aliphatic rings. The zero-order valence-corrected chi connectivity index (χ0v) is 36.0. The summed E-state index contributed by atoms with van der Waals surface area (Å²) in [7, 11) is 0. The van der Waals surface area contributed by atoms with E-state index in [0.29, 0.717) is 32.1 Å². The van der Waals surface area contributed by atoms with Gasteiger partial charge in [-0.1, -0.05) is 92.7 Å². The van der Waals surface area contributed by atoms with Gasteiger partial charge in [-0.05, 0) is 63.7 Å². The minimum absolute atomic E-state index is 0.0811. The normalized spacial score (nSPS) is 44.5. The number of aliphatic hydroxyl groups is 5. The molecule has 57 heavy (non-hydrogen) atoms. The van der Waals surface area contributed by atoms with Gasteiger partial charge in [-0.25, -0.2) is 4.79 Å². The number of allylic oxidation sites excluding steroid dienone is 4. The fraction of sp³-hybridized carbons (Fsp3) is 0.778. The summed E-state index contributed by atoms with van der Waals surface area (Å²) in [6, 6.07) is 0. The van der Waals surface area contributed by atoms with Crippen LogP contribution < -0.4 is 0 Å². The summed E-state index contributed by atoms with van der Waals surface area (Å²) in [6.07, 6.45) is 6.02. The van der Waals surface area contributed by atoms with E-state index in [0.717, 1.165) is 0 Å². The number of carbonyl (C=O) groups excluding carboxylic acids is 4. The number of hydrogen-bond acceptors (Lipinski definition) is 12. The van der Waals surface area contributed by atoms with Crippen molar-refractivity contribution in [3.63, 3.8) is 0 Å². The summed E-state index contributed by atoms with van der Waals surface area (Å²) in [4.78, 5) is 54.7. The van der Waals surface area contributed by atoms with Gasteiger partial charge >= 0.3 is 5.97 Å². The summed E-state index contributed by atoms with van der Waals surface area (Å²) < 4.78 is 19.6. The van der Waals surface area contributed by atoms with Crippen molar-refractivity contribution in [3.8, 4) is 0 Å². The van der Waals surface area contributed by atoms with Gasteiger partial charge in [0, 0.05) is 42.1 Å². The SMILES string of the molecule is CCC1C2OC(=O)C=CC(C)C(O)C(C)C(=O)C(C)C(O)C(C)C(=O)C(C)(O)C(O)C(C)CC=CC=CC(C)CCC(OC13OC(CC(C)O)C(C)CC3=O)C2C. The highest BCUT2D eigenvalue weighted by Gasteiger charge is 2.61. The molecule has 0 saturated carbocycles. The van der Waals surface area contributed by atoms with Crippen LogP contribution in [0.1, 0.15) is 115 Å². The maximum absolute atomic E-state index is 14.1. The maximum atomic E-state index is 14.1. The first-order valence-corrected chi connectivity index (χ1v) is 21.1. The number of carbonyl (C=O) groups is 4. The molecule has 12 nitrogen and oxygen atoms in total. The van der Waals surface area contributed by atoms with E-state index in [4.69, 9.17) is 14.2 Å². The van der Waals surface area contributed by atoms with Gasteiger partial charge in [0.25, 0.3) is 0 Å². The molecular weight excluding hydrogens is 732 g/mol. The molecule has 2 fully saturated rings. The largest absolute Gasteiger partial charge is 0.458 e. The zero-order chi connectivity index (χ0) is 43.2. The molecule has 0 aliphatic carbocycles. The standard InChI is InChI=1S/C45H72O12/c1-12-33-41-29(7)34(56-45(33)36(47)22-27(5)35(57-45)23-28(6)46)20-18-24(2)16-14-13-15-17-26(4)42(52)44(11,54)43(53)32(10)40(51)31(9)39(50)30(8)38(49)25(3)19-21-37(48)55-41/h13-16,19,21,24-35,38,40-42,46,49,51-52,54H,12,17-18,20,22-23H2,1-11H3.